The van der Waals surface area contributed by atoms with E-state index in [4.69, 9.17) is 9.47 Å². The molecular formula is C17H22N4O3S2. The summed E-state index contributed by atoms with van der Waals surface area (Å²) < 4.78 is 11.6. The summed E-state index contributed by atoms with van der Waals surface area (Å²) in [5, 5.41) is 15.1. The van der Waals surface area contributed by atoms with E-state index in [9.17, 15) is 4.79 Å². The van der Waals surface area contributed by atoms with Gasteiger partial charge < -0.3 is 20.1 Å². The highest BCUT2D eigenvalue weighted by Crippen LogP contribution is 2.28. The molecule has 3 rings (SSSR count). The van der Waals surface area contributed by atoms with Crippen molar-refractivity contribution < 1.29 is 14.3 Å². The van der Waals surface area contributed by atoms with E-state index in [1.54, 1.807) is 7.11 Å². The number of anilines is 2. The summed E-state index contributed by atoms with van der Waals surface area (Å²) in [4.78, 5) is 12.2. The van der Waals surface area contributed by atoms with Gasteiger partial charge >= 0.3 is 0 Å². The highest BCUT2D eigenvalue weighted by atomic mass is 32.2. The molecule has 2 heterocycles. The summed E-state index contributed by atoms with van der Waals surface area (Å²) in [5.74, 6) is 0.797. The van der Waals surface area contributed by atoms with Gasteiger partial charge in [0.15, 0.2) is 4.34 Å². The van der Waals surface area contributed by atoms with Gasteiger partial charge in [0.1, 0.15) is 5.75 Å². The third-order valence-electron chi connectivity index (χ3n) is 3.87. The van der Waals surface area contributed by atoms with E-state index in [1.165, 1.54) is 23.1 Å². The minimum absolute atomic E-state index is 0.108. The molecule has 0 unspecified atom stereocenters. The molecule has 2 N–H and O–H groups in total. The molecule has 0 saturated carbocycles. The van der Waals surface area contributed by atoms with Gasteiger partial charge in [-0.25, -0.2) is 0 Å². The Bertz CT molecular complexity index is 747. The van der Waals surface area contributed by atoms with Crippen molar-refractivity contribution in [1.82, 2.24) is 10.2 Å². The number of ether oxygens (including phenoxy) is 2. The molecule has 1 atom stereocenters. The van der Waals surface area contributed by atoms with E-state index in [-0.39, 0.29) is 17.8 Å². The number of carbonyl (C=O) groups excluding carboxylic acids is 1. The molecule has 1 aromatic carbocycles. The van der Waals surface area contributed by atoms with Crippen LogP contribution < -0.4 is 15.4 Å². The lowest BCUT2D eigenvalue weighted by Gasteiger charge is -2.10. The van der Waals surface area contributed by atoms with Gasteiger partial charge in [-0.1, -0.05) is 29.2 Å². The predicted molar refractivity (Wildman–Crippen MR) is 104 cm³/mol. The number of aromatic nitrogens is 2. The Morgan fingerprint density at radius 1 is 1.46 bits per heavy atom. The summed E-state index contributed by atoms with van der Waals surface area (Å²) in [5.41, 5.74) is 1.73. The molecule has 26 heavy (non-hydrogen) atoms. The van der Waals surface area contributed by atoms with E-state index in [0.29, 0.717) is 11.4 Å². The average molecular weight is 395 g/mol. The first kappa shape index (κ1) is 18.9. The Morgan fingerprint density at radius 2 is 2.35 bits per heavy atom. The third-order valence-corrected chi connectivity index (χ3v) is 5.88. The summed E-state index contributed by atoms with van der Waals surface area (Å²) in [7, 11) is 1.58. The highest BCUT2D eigenvalue weighted by molar-refractivity contribution is 8.01. The van der Waals surface area contributed by atoms with Crippen LogP contribution in [0.3, 0.4) is 0 Å². The second-order valence-corrected chi connectivity index (χ2v) is 8.13. The van der Waals surface area contributed by atoms with Crippen LogP contribution in [0.1, 0.15) is 18.4 Å². The number of rotatable bonds is 8. The Morgan fingerprint density at radius 3 is 3.12 bits per heavy atom. The van der Waals surface area contributed by atoms with E-state index in [1.807, 2.05) is 25.1 Å². The fourth-order valence-corrected chi connectivity index (χ4v) is 4.14. The van der Waals surface area contributed by atoms with Crippen molar-refractivity contribution in [1.29, 1.82) is 0 Å². The van der Waals surface area contributed by atoms with Crippen LogP contribution in [0.5, 0.6) is 5.75 Å². The summed E-state index contributed by atoms with van der Waals surface area (Å²) in [6, 6.07) is 5.67. The molecule has 1 aliphatic heterocycles. The molecule has 7 nitrogen and oxygen atoms in total. The average Bonchev–Trinajstić information content (AvgIpc) is 3.30. The number of hydrogen-bond donors (Lipinski definition) is 2. The lowest BCUT2D eigenvalue weighted by molar-refractivity contribution is -0.113. The van der Waals surface area contributed by atoms with Gasteiger partial charge in [-0.05, 0) is 37.5 Å². The Hall–Kier alpha value is -1.84. The van der Waals surface area contributed by atoms with Crippen LogP contribution in [0, 0.1) is 6.92 Å². The maximum Gasteiger partial charge on any atom is 0.234 e. The Labute approximate surface area is 160 Å². The van der Waals surface area contributed by atoms with Gasteiger partial charge in [-0.2, -0.15) is 0 Å². The van der Waals surface area contributed by atoms with Crippen LogP contribution in [0.15, 0.2) is 22.5 Å². The molecular weight excluding hydrogens is 372 g/mol. The molecule has 9 heteroatoms. The smallest absolute Gasteiger partial charge is 0.234 e. The SMILES string of the molecule is COc1ccc(C)cc1NC(=O)CSc1nnc(NC[C@@H]2CCCO2)s1. The predicted octanol–water partition coefficient (Wildman–Crippen LogP) is 3.18. The third kappa shape index (κ3) is 5.33. The van der Waals surface area contributed by atoms with Crippen LogP contribution in [0.4, 0.5) is 10.8 Å². The van der Waals surface area contributed by atoms with Crippen molar-refractivity contribution in [3.05, 3.63) is 23.8 Å². The van der Waals surface area contributed by atoms with Crippen molar-refractivity contribution in [3.63, 3.8) is 0 Å². The summed E-state index contributed by atoms with van der Waals surface area (Å²) in [6.45, 7) is 3.55. The van der Waals surface area contributed by atoms with Crippen LogP contribution in [0.2, 0.25) is 0 Å². The molecule has 0 bridgehead atoms. The van der Waals surface area contributed by atoms with Crippen molar-refractivity contribution >= 4 is 39.8 Å². The van der Waals surface area contributed by atoms with E-state index < -0.39 is 0 Å². The van der Waals surface area contributed by atoms with Crippen LogP contribution in [-0.4, -0.2) is 48.2 Å². The normalized spacial score (nSPS) is 16.5. The van der Waals surface area contributed by atoms with Gasteiger partial charge in [-0.3, -0.25) is 4.79 Å². The van der Waals surface area contributed by atoms with E-state index in [2.05, 4.69) is 20.8 Å². The monoisotopic (exact) mass is 394 g/mol. The minimum atomic E-state index is -0.108. The van der Waals surface area contributed by atoms with E-state index >= 15 is 0 Å². The molecule has 1 aliphatic rings. The molecule has 140 valence electrons. The first-order chi connectivity index (χ1) is 12.6. The van der Waals surface area contributed by atoms with Crippen LogP contribution in [-0.2, 0) is 9.53 Å². The lowest BCUT2D eigenvalue weighted by atomic mass is 10.2. The summed E-state index contributed by atoms with van der Waals surface area (Å²) in [6.07, 6.45) is 2.45. The number of amides is 1. The Kier molecular flexibility index (Phi) is 6.70. The first-order valence-electron chi connectivity index (χ1n) is 8.40. The van der Waals surface area contributed by atoms with Crippen molar-refractivity contribution in [3.8, 4) is 5.75 Å². The zero-order valence-electron chi connectivity index (χ0n) is 14.8. The molecule has 1 saturated heterocycles. The van der Waals surface area contributed by atoms with E-state index in [0.717, 1.165) is 41.0 Å². The molecule has 0 aliphatic carbocycles. The number of carbonyl (C=O) groups is 1. The second kappa shape index (κ2) is 9.20. The quantitative estimate of drug-likeness (QED) is 0.665. The zero-order chi connectivity index (χ0) is 18.4. The van der Waals surface area contributed by atoms with Gasteiger partial charge in [-0.15, -0.1) is 10.2 Å². The number of methoxy groups -OCH3 is 1. The first-order valence-corrected chi connectivity index (χ1v) is 10.2. The Balaban J connectivity index is 1.46. The standard InChI is InChI=1S/C17H22N4O3S2/c1-11-5-6-14(23-2)13(8-11)19-15(22)10-25-17-21-20-16(26-17)18-9-12-4-3-7-24-12/h5-6,8,12H,3-4,7,9-10H2,1-2H3,(H,18,20)(H,19,22)/t12-/m0/s1. The molecule has 1 aromatic heterocycles. The lowest BCUT2D eigenvalue weighted by Crippen LogP contribution is -2.18. The van der Waals surface area contributed by atoms with Crippen molar-refractivity contribution in [2.24, 2.45) is 0 Å². The summed E-state index contributed by atoms with van der Waals surface area (Å²) >= 11 is 2.81. The van der Waals surface area contributed by atoms with Gasteiger partial charge in [0.25, 0.3) is 0 Å². The molecule has 2 aromatic rings. The zero-order valence-corrected chi connectivity index (χ0v) is 16.4. The minimum Gasteiger partial charge on any atom is -0.495 e. The van der Waals surface area contributed by atoms with Gasteiger partial charge in [0, 0.05) is 13.2 Å². The molecule has 1 amide bonds. The maximum atomic E-state index is 12.2. The van der Waals surface area contributed by atoms with Crippen molar-refractivity contribution in [2.45, 2.75) is 30.2 Å². The molecule has 1 fully saturated rings. The maximum absolute atomic E-state index is 12.2. The number of hydrogen-bond acceptors (Lipinski definition) is 8. The van der Waals surface area contributed by atoms with Crippen LogP contribution in [0.25, 0.3) is 0 Å². The highest BCUT2D eigenvalue weighted by Gasteiger charge is 2.16. The van der Waals surface area contributed by atoms with Crippen molar-refractivity contribution in [2.75, 3.05) is 36.6 Å². The van der Waals surface area contributed by atoms with Gasteiger partial charge in [0.2, 0.25) is 11.0 Å². The molecule has 0 radical (unpaired) electrons. The number of benzene rings is 1. The van der Waals surface area contributed by atoms with Crippen LogP contribution >= 0.6 is 23.1 Å². The number of nitrogens with zero attached hydrogens (tertiary/aromatic N) is 2. The fourth-order valence-electron chi connectivity index (χ4n) is 2.58. The largest absolute Gasteiger partial charge is 0.495 e. The topological polar surface area (TPSA) is 85.4 Å². The molecule has 0 spiro atoms. The number of thioether (sulfide) groups is 1. The second-order valence-electron chi connectivity index (χ2n) is 5.93. The number of nitrogens with one attached hydrogen (secondary N) is 2. The number of aryl methyl sites for hydroxylation is 1. The fraction of sp³-hybridized carbons (Fsp3) is 0.471. The van der Waals surface area contributed by atoms with Gasteiger partial charge in [0.05, 0.1) is 24.7 Å².